The summed E-state index contributed by atoms with van der Waals surface area (Å²) >= 11 is 0. The lowest BCUT2D eigenvalue weighted by Crippen LogP contribution is -2.06. The first-order valence-corrected chi connectivity index (χ1v) is 9.82. The molecular weight excluding hydrogens is 352 g/mol. The number of aromatic carboxylic acids is 1. The quantitative estimate of drug-likeness (QED) is 0.597. The maximum absolute atomic E-state index is 11.4. The highest BCUT2D eigenvalue weighted by atomic mass is 16.4. The van der Waals surface area contributed by atoms with Crippen molar-refractivity contribution in [1.82, 2.24) is 19.7 Å². The lowest BCUT2D eigenvalue weighted by molar-refractivity contribution is 0.0697. The number of aryl methyl sites for hydroxylation is 2. The van der Waals surface area contributed by atoms with Gasteiger partial charge in [-0.2, -0.15) is 5.10 Å². The van der Waals surface area contributed by atoms with Crippen molar-refractivity contribution >= 4 is 5.97 Å². The summed E-state index contributed by atoms with van der Waals surface area (Å²) in [6, 6.07) is 11.1. The molecule has 3 rings (SSSR count). The van der Waals surface area contributed by atoms with Crippen LogP contribution >= 0.6 is 0 Å². The molecule has 0 amide bonds. The molecule has 2 heterocycles. The molecule has 0 atom stereocenters. The van der Waals surface area contributed by atoms with E-state index in [4.69, 9.17) is 4.98 Å². The number of pyridine rings is 1. The Kier molecular flexibility index (Phi) is 6.53. The van der Waals surface area contributed by atoms with Crippen LogP contribution in [0.15, 0.2) is 42.6 Å². The van der Waals surface area contributed by atoms with Crippen molar-refractivity contribution in [3.63, 3.8) is 0 Å². The van der Waals surface area contributed by atoms with Crippen LogP contribution in [0.3, 0.4) is 0 Å². The smallest absolute Gasteiger partial charge is 0.337 e. The average molecular weight is 378 g/mol. The molecule has 0 aliphatic heterocycles. The van der Waals surface area contributed by atoms with E-state index in [1.807, 2.05) is 28.9 Å². The van der Waals surface area contributed by atoms with E-state index in [1.54, 1.807) is 18.3 Å². The molecule has 6 heteroatoms. The van der Waals surface area contributed by atoms with Gasteiger partial charge in [-0.3, -0.25) is 4.98 Å². The number of rotatable bonds is 9. The number of carboxylic acids is 1. The number of nitrogens with zero attached hydrogens (tertiary/aromatic N) is 4. The number of carbonyl (C=O) groups is 1. The Morgan fingerprint density at radius 3 is 2.57 bits per heavy atom. The van der Waals surface area contributed by atoms with Crippen LogP contribution in [-0.4, -0.2) is 30.8 Å². The van der Waals surface area contributed by atoms with Gasteiger partial charge in [0.25, 0.3) is 0 Å². The highest BCUT2D eigenvalue weighted by molar-refractivity contribution is 5.94. The van der Waals surface area contributed by atoms with Gasteiger partial charge in [-0.1, -0.05) is 44.5 Å². The van der Waals surface area contributed by atoms with E-state index in [0.29, 0.717) is 12.1 Å². The van der Waals surface area contributed by atoms with Crippen LogP contribution in [0.4, 0.5) is 0 Å². The van der Waals surface area contributed by atoms with Gasteiger partial charge in [0.1, 0.15) is 5.82 Å². The van der Waals surface area contributed by atoms with E-state index in [1.165, 1.54) is 0 Å². The first-order valence-electron chi connectivity index (χ1n) is 9.82. The maximum Gasteiger partial charge on any atom is 0.337 e. The SMILES string of the molecule is CCCCn1nc(CCC)nc1Cc1ccc(-c2ncccc2C(=O)O)cc1. The summed E-state index contributed by atoms with van der Waals surface area (Å²) in [4.78, 5) is 20.4. The minimum atomic E-state index is -0.973. The van der Waals surface area contributed by atoms with Crippen molar-refractivity contribution in [2.45, 2.75) is 52.5 Å². The predicted octanol–water partition coefficient (Wildman–Crippen LogP) is 4.38. The van der Waals surface area contributed by atoms with Crippen molar-refractivity contribution in [2.75, 3.05) is 0 Å². The molecule has 0 saturated carbocycles. The van der Waals surface area contributed by atoms with E-state index >= 15 is 0 Å². The molecule has 0 spiro atoms. The van der Waals surface area contributed by atoms with E-state index in [0.717, 1.165) is 55.0 Å². The molecule has 0 unspecified atom stereocenters. The van der Waals surface area contributed by atoms with Gasteiger partial charge in [-0.05, 0) is 30.5 Å². The normalized spacial score (nSPS) is 10.9. The van der Waals surface area contributed by atoms with Crippen molar-refractivity contribution in [3.05, 3.63) is 65.4 Å². The minimum absolute atomic E-state index is 0.207. The maximum atomic E-state index is 11.4. The molecule has 0 aliphatic carbocycles. The van der Waals surface area contributed by atoms with Crippen molar-refractivity contribution in [3.8, 4) is 11.3 Å². The van der Waals surface area contributed by atoms with E-state index < -0.39 is 5.97 Å². The monoisotopic (exact) mass is 378 g/mol. The third kappa shape index (κ3) is 4.63. The number of unbranched alkanes of at least 4 members (excludes halogenated alkanes) is 1. The van der Waals surface area contributed by atoms with Gasteiger partial charge in [0.2, 0.25) is 0 Å². The van der Waals surface area contributed by atoms with Crippen LogP contribution in [0.25, 0.3) is 11.3 Å². The second kappa shape index (κ2) is 9.26. The Hall–Kier alpha value is -3.02. The van der Waals surface area contributed by atoms with Crippen LogP contribution in [0.5, 0.6) is 0 Å². The van der Waals surface area contributed by atoms with E-state index in [2.05, 4.69) is 23.9 Å². The van der Waals surface area contributed by atoms with Gasteiger partial charge in [0, 0.05) is 31.1 Å². The summed E-state index contributed by atoms with van der Waals surface area (Å²) in [5, 5.41) is 14.0. The summed E-state index contributed by atoms with van der Waals surface area (Å²) < 4.78 is 2.03. The minimum Gasteiger partial charge on any atom is -0.478 e. The van der Waals surface area contributed by atoms with Gasteiger partial charge in [0.05, 0.1) is 11.3 Å². The standard InChI is InChI=1S/C22H26N4O2/c1-3-5-14-26-20(24-19(25-26)7-4-2)15-16-9-11-17(12-10-16)21-18(22(27)28)8-6-13-23-21/h6,8-13H,3-5,7,14-15H2,1-2H3,(H,27,28). The summed E-state index contributed by atoms with van der Waals surface area (Å²) in [5.74, 6) is 0.915. The zero-order valence-electron chi connectivity index (χ0n) is 16.4. The molecule has 146 valence electrons. The summed E-state index contributed by atoms with van der Waals surface area (Å²) in [6.45, 7) is 5.19. The zero-order valence-corrected chi connectivity index (χ0v) is 16.4. The van der Waals surface area contributed by atoms with Gasteiger partial charge in [0.15, 0.2) is 5.82 Å². The highest BCUT2D eigenvalue weighted by Gasteiger charge is 2.13. The third-order valence-corrected chi connectivity index (χ3v) is 4.62. The summed E-state index contributed by atoms with van der Waals surface area (Å²) in [7, 11) is 0. The van der Waals surface area contributed by atoms with Crippen molar-refractivity contribution in [1.29, 1.82) is 0 Å². The van der Waals surface area contributed by atoms with Crippen LogP contribution < -0.4 is 0 Å². The first kappa shape index (κ1) is 19.7. The Labute approximate surface area is 165 Å². The predicted molar refractivity (Wildman–Crippen MR) is 108 cm³/mol. The molecule has 6 nitrogen and oxygen atoms in total. The van der Waals surface area contributed by atoms with Gasteiger partial charge in [-0.15, -0.1) is 0 Å². The number of carboxylic acid groups (broad SMARTS) is 1. The lowest BCUT2D eigenvalue weighted by Gasteiger charge is -2.08. The fourth-order valence-corrected chi connectivity index (χ4v) is 3.14. The summed E-state index contributed by atoms with van der Waals surface area (Å²) in [6.07, 6.45) is 6.44. The fourth-order valence-electron chi connectivity index (χ4n) is 3.14. The van der Waals surface area contributed by atoms with E-state index in [-0.39, 0.29) is 5.56 Å². The molecule has 28 heavy (non-hydrogen) atoms. The molecule has 0 radical (unpaired) electrons. The largest absolute Gasteiger partial charge is 0.478 e. The van der Waals surface area contributed by atoms with Crippen LogP contribution in [0.1, 0.15) is 60.7 Å². The third-order valence-electron chi connectivity index (χ3n) is 4.62. The molecule has 0 saturated heterocycles. The Balaban J connectivity index is 1.82. The number of benzene rings is 1. The molecule has 1 aromatic carbocycles. The number of hydrogen-bond donors (Lipinski definition) is 1. The van der Waals surface area contributed by atoms with Gasteiger partial charge in [-0.25, -0.2) is 14.5 Å². The van der Waals surface area contributed by atoms with Gasteiger partial charge < -0.3 is 5.11 Å². The molecule has 0 aliphatic rings. The Bertz CT molecular complexity index is 932. The van der Waals surface area contributed by atoms with E-state index in [9.17, 15) is 9.90 Å². The molecular formula is C22H26N4O2. The number of aromatic nitrogens is 4. The van der Waals surface area contributed by atoms with Crippen LogP contribution in [0, 0.1) is 0 Å². The zero-order chi connectivity index (χ0) is 19.9. The highest BCUT2D eigenvalue weighted by Crippen LogP contribution is 2.22. The molecule has 1 N–H and O–H groups in total. The van der Waals surface area contributed by atoms with Crippen molar-refractivity contribution < 1.29 is 9.90 Å². The lowest BCUT2D eigenvalue weighted by atomic mass is 10.0. The fraction of sp³-hybridized carbons (Fsp3) is 0.364. The number of hydrogen-bond acceptors (Lipinski definition) is 4. The van der Waals surface area contributed by atoms with Crippen molar-refractivity contribution in [2.24, 2.45) is 0 Å². The molecule has 2 aromatic heterocycles. The van der Waals surface area contributed by atoms with Crippen LogP contribution in [-0.2, 0) is 19.4 Å². The summed E-state index contributed by atoms with van der Waals surface area (Å²) in [5.41, 5.74) is 2.60. The topological polar surface area (TPSA) is 80.9 Å². The second-order valence-electron chi connectivity index (χ2n) is 6.85. The first-order chi connectivity index (χ1) is 13.6. The Morgan fingerprint density at radius 1 is 1.11 bits per heavy atom. The molecule has 0 fully saturated rings. The van der Waals surface area contributed by atoms with Gasteiger partial charge >= 0.3 is 5.97 Å². The Morgan fingerprint density at radius 2 is 1.89 bits per heavy atom. The second-order valence-corrected chi connectivity index (χ2v) is 6.85. The average Bonchev–Trinajstić information content (AvgIpc) is 3.08. The molecule has 3 aromatic rings. The molecule has 0 bridgehead atoms. The van der Waals surface area contributed by atoms with Crippen LogP contribution in [0.2, 0.25) is 0 Å².